The number of hydrogen-bond acceptors (Lipinski definition) is 2. The molecule has 1 aromatic carbocycles. The Labute approximate surface area is 128 Å². The fourth-order valence-corrected chi connectivity index (χ4v) is 3.71. The third-order valence-corrected chi connectivity index (χ3v) is 4.99. The fourth-order valence-electron chi connectivity index (χ4n) is 3.71. The van der Waals surface area contributed by atoms with Crippen molar-refractivity contribution in [3.8, 4) is 0 Å². The van der Waals surface area contributed by atoms with Gasteiger partial charge in [0.15, 0.2) is 5.78 Å². The van der Waals surface area contributed by atoms with Crippen molar-refractivity contribution in [2.75, 3.05) is 7.11 Å². The average Bonchev–Trinajstić information content (AvgIpc) is 2.68. The second kappa shape index (κ2) is 6.74. The first-order valence-electron chi connectivity index (χ1n) is 8.14. The molecule has 0 aliphatic heterocycles. The SMILES string of the molecule is COC1(C(=O)Cc2c(C)cc(C)cc2C)CCCCCC1. The number of ether oxygens (including phenoxy) is 1. The number of hydrogen-bond donors (Lipinski definition) is 0. The molecule has 0 N–H and O–H groups in total. The molecular formula is C19H28O2. The summed E-state index contributed by atoms with van der Waals surface area (Å²) in [6, 6.07) is 4.34. The molecule has 1 fully saturated rings. The molecule has 1 aliphatic carbocycles. The largest absolute Gasteiger partial charge is 0.370 e. The van der Waals surface area contributed by atoms with Crippen LogP contribution in [0.15, 0.2) is 12.1 Å². The molecule has 2 nitrogen and oxygen atoms in total. The highest BCUT2D eigenvalue weighted by molar-refractivity contribution is 5.89. The van der Waals surface area contributed by atoms with E-state index in [9.17, 15) is 4.79 Å². The Kier molecular flexibility index (Phi) is 5.21. The molecule has 0 saturated heterocycles. The van der Waals surface area contributed by atoms with E-state index in [1.54, 1.807) is 7.11 Å². The van der Waals surface area contributed by atoms with E-state index in [0.717, 1.165) is 25.7 Å². The lowest BCUT2D eigenvalue weighted by Gasteiger charge is -2.30. The molecule has 0 radical (unpaired) electrons. The van der Waals surface area contributed by atoms with Crippen molar-refractivity contribution in [2.24, 2.45) is 0 Å². The summed E-state index contributed by atoms with van der Waals surface area (Å²) in [5, 5.41) is 0. The Morgan fingerprint density at radius 1 is 1.05 bits per heavy atom. The van der Waals surface area contributed by atoms with Crippen LogP contribution in [0, 0.1) is 20.8 Å². The second-order valence-corrected chi connectivity index (χ2v) is 6.59. The van der Waals surface area contributed by atoms with Gasteiger partial charge in [0.05, 0.1) is 0 Å². The maximum atomic E-state index is 12.9. The van der Waals surface area contributed by atoms with E-state index in [4.69, 9.17) is 4.74 Å². The van der Waals surface area contributed by atoms with Gasteiger partial charge in [-0.2, -0.15) is 0 Å². The molecule has 0 unspecified atom stereocenters. The normalized spacial score (nSPS) is 18.3. The van der Waals surface area contributed by atoms with Gasteiger partial charge in [-0.3, -0.25) is 4.79 Å². The molecule has 21 heavy (non-hydrogen) atoms. The van der Waals surface area contributed by atoms with E-state index >= 15 is 0 Å². The van der Waals surface area contributed by atoms with E-state index in [-0.39, 0.29) is 5.78 Å². The molecule has 2 heteroatoms. The predicted octanol–water partition coefficient (Wildman–Crippen LogP) is 4.46. The summed E-state index contributed by atoms with van der Waals surface area (Å²) in [5.74, 6) is 0.266. The number of methoxy groups -OCH3 is 1. The van der Waals surface area contributed by atoms with Crippen molar-refractivity contribution in [1.29, 1.82) is 0 Å². The summed E-state index contributed by atoms with van der Waals surface area (Å²) in [5.41, 5.74) is 4.35. The van der Waals surface area contributed by atoms with Crippen LogP contribution in [0.4, 0.5) is 0 Å². The van der Waals surface area contributed by atoms with E-state index in [2.05, 4.69) is 32.9 Å². The van der Waals surface area contributed by atoms with Gasteiger partial charge < -0.3 is 4.74 Å². The van der Waals surface area contributed by atoms with Gasteiger partial charge in [-0.15, -0.1) is 0 Å². The van der Waals surface area contributed by atoms with Crippen LogP contribution in [0.1, 0.15) is 60.8 Å². The number of carbonyl (C=O) groups is 1. The zero-order valence-electron chi connectivity index (χ0n) is 13.9. The van der Waals surface area contributed by atoms with Crippen LogP contribution in [0.2, 0.25) is 0 Å². The Morgan fingerprint density at radius 3 is 2.05 bits per heavy atom. The molecule has 0 aromatic heterocycles. The summed E-state index contributed by atoms with van der Waals surface area (Å²) in [4.78, 5) is 12.9. The van der Waals surface area contributed by atoms with E-state index in [1.807, 2.05) is 0 Å². The Morgan fingerprint density at radius 2 is 1.57 bits per heavy atom. The lowest BCUT2D eigenvalue weighted by atomic mass is 9.84. The maximum Gasteiger partial charge on any atom is 0.168 e. The lowest BCUT2D eigenvalue weighted by Crippen LogP contribution is -2.41. The highest BCUT2D eigenvalue weighted by Gasteiger charge is 2.38. The zero-order chi connectivity index (χ0) is 15.5. The number of rotatable bonds is 4. The number of aryl methyl sites for hydroxylation is 3. The van der Waals surface area contributed by atoms with Crippen molar-refractivity contribution < 1.29 is 9.53 Å². The van der Waals surface area contributed by atoms with Crippen LogP contribution in [0.25, 0.3) is 0 Å². The quantitative estimate of drug-likeness (QED) is 0.764. The van der Waals surface area contributed by atoms with E-state index in [1.165, 1.54) is 35.1 Å². The fraction of sp³-hybridized carbons (Fsp3) is 0.632. The van der Waals surface area contributed by atoms with Gasteiger partial charge in [0.1, 0.15) is 5.60 Å². The smallest absolute Gasteiger partial charge is 0.168 e. The van der Waals surface area contributed by atoms with Crippen molar-refractivity contribution >= 4 is 5.78 Å². The topological polar surface area (TPSA) is 26.3 Å². The molecule has 116 valence electrons. The molecule has 0 amide bonds. The molecule has 0 bridgehead atoms. The van der Waals surface area contributed by atoms with Gasteiger partial charge in [0.2, 0.25) is 0 Å². The third-order valence-electron chi connectivity index (χ3n) is 4.99. The summed E-state index contributed by atoms with van der Waals surface area (Å²) in [7, 11) is 1.71. The van der Waals surface area contributed by atoms with Gasteiger partial charge in [0.25, 0.3) is 0 Å². The van der Waals surface area contributed by atoms with Crippen molar-refractivity contribution in [2.45, 2.75) is 71.3 Å². The zero-order valence-corrected chi connectivity index (χ0v) is 13.9. The van der Waals surface area contributed by atoms with Crippen LogP contribution < -0.4 is 0 Å². The van der Waals surface area contributed by atoms with E-state index < -0.39 is 5.60 Å². The lowest BCUT2D eigenvalue weighted by molar-refractivity contribution is -0.142. The molecule has 0 spiro atoms. The van der Waals surface area contributed by atoms with Gasteiger partial charge >= 0.3 is 0 Å². The predicted molar refractivity (Wildman–Crippen MR) is 86.8 cm³/mol. The van der Waals surface area contributed by atoms with Crippen LogP contribution in [-0.2, 0) is 16.0 Å². The van der Waals surface area contributed by atoms with E-state index in [0.29, 0.717) is 6.42 Å². The Hall–Kier alpha value is -1.15. The summed E-state index contributed by atoms with van der Waals surface area (Å²) in [6.45, 7) is 6.32. The molecule has 1 aliphatic rings. The number of Topliss-reactive ketones (excluding diaryl/α,β-unsaturated/α-hetero) is 1. The monoisotopic (exact) mass is 288 g/mol. The second-order valence-electron chi connectivity index (χ2n) is 6.59. The third kappa shape index (κ3) is 3.55. The van der Waals surface area contributed by atoms with Crippen molar-refractivity contribution in [1.82, 2.24) is 0 Å². The van der Waals surface area contributed by atoms with Gasteiger partial charge in [-0.05, 0) is 50.3 Å². The summed E-state index contributed by atoms with van der Waals surface area (Å²) in [6.07, 6.45) is 6.92. The minimum atomic E-state index is -0.541. The van der Waals surface area contributed by atoms with Crippen LogP contribution in [0.3, 0.4) is 0 Å². The van der Waals surface area contributed by atoms with Crippen LogP contribution >= 0.6 is 0 Å². The molecule has 1 aromatic rings. The highest BCUT2D eigenvalue weighted by Crippen LogP contribution is 2.32. The number of carbonyl (C=O) groups excluding carboxylic acids is 1. The first-order chi connectivity index (χ1) is 9.98. The minimum Gasteiger partial charge on any atom is -0.370 e. The first kappa shape index (κ1) is 16.2. The van der Waals surface area contributed by atoms with Crippen molar-refractivity contribution in [3.63, 3.8) is 0 Å². The highest BCUT2D eigenvalue weighted by atomic mass is 16.5. The number of ketones is 1. The molecule has 0 atom stereocenters. The van der Waals surface area contributed by atoms with Crippen molar-refractivity contribution in [3.05, 3.63) is 34.4 Å². The molecule has 1 saturated carbocycles. The standard InChI is InChI=1S/C19H28O2/c1-14-11-15(2)17(16(3)12-14)13-18(20)19(21-4)9-7-5-6-8-10-19/h11-12H,5-10,13H2,1-4H3. The molecule has 0 heterocycles. The average molecular weight is 288 g/mol. The Bertz CT molecular complexity index is 485. The van der Waals surface area contributed by atoms with Gasteiger partial charge in [-0.25, -0.2) is 0 Å². The summed E-state index contributed by atoms with van der Waals surface area (Å²) >= 11 is 0. The van der Waals surface area contributed by atoms with Crippen LogP contribution in [0.5, 0.6) is 0 Å². The molecular weight excluding hydrogens is 260 g/mol. The first-order valence-corrected chi connectivity index (χ1v) is 8.14. The van der Waals surface area contributed by atoms with Crippen LogP contribution in [-0.4, -0.2) is 18.5 Å². The minimum absolute atomic E-state index is 0.266. The Balaban J connectivity index is 2.23. The van der Waals surface area contributed by atoms with Gasteiger partial charge in [-0.1, -0.05) is 43.4 Å². The molecule has 2 rings (SSSR count). The summed E-state index contributed by atoms with van der Waals surface area (Å²) < 4.78 is 5.75. The van der Waals surface area contributed by atoms with Gasteiger partial charge in [0, 0.05) is 13.5 Å². The number of benzene rings is 1. The maximum absolute atomic E-state index is 12.9.